The number of likely N-dealkylation sites (N-methyl/N-ethyl adjacent to an activating group) is 1. The van der Waals surface area contributed by atoms with Crippen LogP contribution in [-0.4, -0.2) is 42.4 Å². The molecule has 0 aromatic heterocycles. The van der Waals surface area contributed by atoms with Crippen LogP contribution in [0.25, 0.3) is 0 Å². The van der Waals surface area contributed by atoms with Crippen molar-refractivity contribution in [3.8, 4) is 0 Å². The van der Waals surface area contributed by atoms with E-state index in [1.807, 2.05) is 11.8 Å². The van der Waals surface area contributed by atoms with Crippen LogP contribution in [0.15, 0.2) is 0 Å². The molecular formula is C12H24ClN3O2. The molecule has 0 heterocycles. The van der Waals surface area contributed by atoms with Gasteiger partial charge in [-0.25, -0.2) is 0 Å². The fourth-order valence-electron chi connectivity index (χ4n) is 2.38. The van der Waals surface area contributed by atoms with E-state index in [2.05, 4.69) is 5.32 Å². The van der Waals surface area contributed by atoms with Gasteiger partial charge in [0.2, 0.25) is 11.8 Å². The van der Waals surface area contributed by atoms with Crippen LogP contribution in [0.1, 0.15) is 39.0 Å². The zero-order valence-electron chi connectivity index (χ0n) is 11.0. The van der Waals surface area contributed by atoms with Gasteiger partial charge in [-0.05, 0) is 19.8 Å². The smallest absolute Gasteiger partial charge is 0.242 e. The molecule has 1 fully saturated rings. The highest BCUT2D eigenvalue weighted by molar-refractivity contribution is 5.86. The minimum absolute atomic E-state index is 0. The van der Waals surface area contributed by atoms with Gasteiger partial charge >= 0.3 is 0 Å². The van der Waals surface area contributed by atoms with Gasteiger partial charge in [0, 0.05) is 12.6 Å². The summed E-state index contributed by atoms with van der Waals surface area (Å²) in [6, 6.07) is 0.357. The molecule has 1 aliphatic rings. The Kier molecular flexibility index (Phi) is 8.75. The van der Waals surface area contributed by atoms with Crippen LogP contribution in [0.2, 0.25) is 0 Å². The van der Waals surface area contributed by atoms with E-state index in [9.17, 15) is 9.59 Å². The second-order valence-corrected chi connectivity index (χ2v) is 4.45. The summed E-state index contributed by atoms with van der Waals surface area (Å²) in [4.78, 5) is 24.8. The molecule has 18 heavy (non-hydrogen) atoms. The lowest BCUT2D eigenvalue weighted by atomic mass is 9.94. The Morgan fingerprint density at radius 3 is 2.39 bits per heavy atom. The summed E-state index contributed by atoms with van der Waals surface area (Å²) in [5.41, 5.74) is 5.17. The predicted octanol–water partition coefficient (Wildman–Crippen LogP) is 0.664. The van der Waals surface area contributed by atoms with Crippen LogP contribution in [0.4, 0.5) is 0 Å². The van der Waals surface area contributed by atoms with Crippen molar-refractivity contribution < 1.29 is 9.59 Å². The highest BCUT2D eigenvalue weighted by Gasteiger charge is 2.23. The number of carbonyl (C=O) groups is 2. The van der Waals surface area contributed by atoms with Crippen molar-refractivity contribution in [2.24, 2.45) is 5.73 Å². The molecule has 106 valence electrons. The minimum Gasteiger partial charge on any atom is -0.346 e. The molecule has 1 rings (SSSR count). The molecular weight excluding hydrogens is 254 g/mol. The van der Waals surface area contributed by atoms with Gasteiger partial charge in [0.25, 0.3) is 0 Å². The summed E-state index contributed by atoms with van der Waals surface area (Å²) in [6.45, 7) is 2.70. The van der Waals surface area contributed by atoms with Crippen LogP contribution in [-0.2, 0) is 9.59 Å². The quantitative estimate of drug-likeness (QED) is 0.775. The molecule has 0 bridgehead atoms. The Bertz CT molecular complexity index is 268. The maximum atomic E-state index is 12.0. The van der Waals surface area contributed by atoms with Crippen molar-refractivity contribution in [2.45, 2.75) is 45.1 Å². The molecule has 2 amide bonds. The summed E-state index contributed by atoms with van der Waals surface area (Å²) in [6.07, 6.45) is 5.84. The van der Waals surface area contributed by atoms with Crippen LogP contribution in [0, 0.1) is 0 Å². The topological polar surface area (TPSA) is 75.4 Å². The second kappa shape index (κ2) is 9.16. The van der Waals surface area contributed by atoms with Gasteiger partial charge in [-0.2, -0.15) is 0 Å². The average Bonchev–Trinajstić information content (AvgIpc) is 2.38. The molecule has 0 aromatic rings. The number of hydrogen-bond donors (Lipinski definition) is 2. The van der Waals surface area contributed by atoms with Crippen molar-refractivity contribution in [3.63, 3.8) is 0 Å². The number of amides is 2. The molecule has 0 aromatic carbocycles. The van der Waals surface area contributed by atoms with Gasteiger partial charge in [0.15, 0.2) is 0 Å². The Morgan fingerprint density at radius 2 is 1.89 bits per heavy atom. The number of nitrogens with two attached hydrogens (primary N) is 1. The van der Waals surface area contributed by atoms with E-state index in [0.717, 1.165) is 12.8 Å². The van der Waals surface area contributed by atoms with Crippen molar-refractivity contribution in [1.82, 2.24) is 10.2 Å². The van der Waals surface area contributed by atoms with Crippen molar-refractivity contribution in [3.05, 3.63) is 0 Å². The Labute approximate surface area is 115 Å². The van der Waals surface area contributed by atoms with E-state index in [1.165, 1.54) is 19.3 Å². The number of rotatable bonds is 5. The number of halogens is 1. The van der Waals surface area contributed by atoms with Crippen molar-refractivity contribution >= 4 is 24.2 Å². The minimum atomic E-state index is -0.280. The zero-order valence-corrected chi connectivity index (χ0v) is 11.8. The zero-order chi connectivity index (χ0) is 12.7. The van der Waals surface area contributed by atoms with Gasteiger partial charge in [-0.15, -0.1) is 12.4 Å². The van der Waals surface area contributed by atoms with Crippen molar-refractivity contribution in [2.75, 3.05) is 19.6 Å². The third-order valence-electron chi connectivity index (χ3n) is 3.30. The maximum Gasteiger partial charge on any atom is 0.242 e. The van der Waals surface area contributed by atoms with Crippen LogP contribution >= 0.6 is 12.4 Å². The van der Waals surface area contributed by atoms with Gasteiger partial charge in [-0.3, -0.25) is 9.59 Å². The third kappa shape index (κ3) is 5.23. The fourth-order valence-corrected chi connectivity index (χ4v) is 2.38. The molecule has 0 atom stereocenters. The monoisotopic (exact) mass is 277 g/mol. The molecule has 5 nitrogen and oxygen atoms in total. The highest BCUT2D eigenvalue weighted by Crippen LogP contribution is 2.22. The first-order valence-electron chi connectivity index (χ1n) is 6.45. The second-order valence-electron chi connectivity index (χ2n) is 4.45. The van der Waals surface area contributed by atoms with Crippen molar-refractivity contribution in [1.29, 1.82) is 0 Å². The van der Waals surface area contributed by atoms with Crippen LogP contribution in [0.3, 0.4) is 0 Å². The lowest BCUT2D eigenvalue weighted by molar-refractivity contribution is -0.135. The first-order chi connectivity index (χ1) is 8.19. The maximum absolute atomic E-state index is 12.0. The van der Waals surface area contributed by atoms with E-state index < -0.39 is 0 Å². The average molecular weight is 278 g/mol. The fraction of sp³-hybridized carbons (Fsp3) is 0.833. The molecule has 0 saturated heterocycles. The van der Waals surface area contributed by atoms with E-state index >= 15 is 0 Å². The van der Waals surface area contributed by atoms with Crippen LogP contribution in [0.5, 0.6) is 0 Å². The largest absolute Gasteiger partial charge is 0.346 e. The van der Waals surface area contributed by atoms with Gasteiger partial charge in [0.05, 0.1) is 13.1 Å². The highest BCUT2D eigenvalue weighted by atomic mass is 35.5. The summed E-state index contributed by atoms with van der Waals surface area (Å²) in [7, 11) is 0. The predicted molar refractivity (Wildman–Crippen MR) is 73.6 cm³/mol. The van der Waals surface area contributed by atoms with E-state index in [0.29, 0.717) is 12.6 Å². The molecule has 3 N–H and O–H groups in total. The summed E-state index contributed by atoms with van der Waals surface area (Å²) in [5, 5.41) is 2.53. The molecule has 1 aliphatic carbocycles. The summed E-state index contributed by atoms with van der Waals surface area (Å²) in [5.74, 6) is -0.278. The normalized spacial score (nSPS) is 15.7. The molecule has 0 radical (unpaired) electrons. The first-order valence-corrected chi connectivity index (χ1v) is 6.45. The summed E-state index contributed by atoms with van der Waals surface area (Å²) < 4.78 is 0. The lowest BCUT2D eigenvalue weighted by Gasteiger charge is -2.33. The molecule has 1 saturated carbocycles. The van der Waals surface area contributed by atoms with E-state index in [-0.39, 0.29) is 37.3 Å². The number of carbonyl (C=O) groups excluding carboxylic acids is 2. The molecule has 0 aliphatic heterocycles. The first kappa shape index (κ1) is 17.2. The standard InChI is InChI=1S/C12H23N3O2.ClH/c1-2-15(10-6-4-3-5-7-10)12(17)9-14-11(16)8-13;/h10H,2-9,13H2,1H3,(H,14,16);1H. The van der Waals surface area contributed by atoms with E-state index in [4.69, 9.17) is 5.73 Å². The number of hydrogen-bond acceptors (Lipinski definition) is 3. The van der Waals surface area contributed by atoms with Gasteiger partial charge in [-0.1, -0.05) is 19.3 Å². The Hall–Kier alpha value is -0.810. The Balaban J connectivity index is 0.00000289. The van der Waals surface area contributed by atoms with Gasteiger partial charge < -0.3 is 16.0 Å². The lowest BCUT2D eigenvalue weighted by Crippen LogP contribution is -2.47. The summed E-state index contributed by atoms with van der Waals surface area (Å²) >= 11 is 0. The molecule has 0 spiro atoms. The number of nitrogens with zero attached hydrogens (tertiary/aromatic N) is 1. The SMILES string of the molecule is CCN(C(=O)CNC(=O)CN)C1CCCCC1.Cl. The third-order valence-corrected chi connectivity index (χ3v) is 3.30. The Morgan fingerprint density at radius 1 is 1.28 bits per heavy atom. The molecule has 0 unspecified atom stereocenters. The van der Waals surface area contributed by atoms with E-state index in [1.54, 1.807) is 0 Å². The van der Waals surface area contributed by atoms with Crippen LogP contribution < -0.4 is 11.1 Å². The molecule has 6 heteroatoms. The number of nitrogens with one attached hydrogen (secondary N) is 1. The van der Waals surface area contributed by atoms with Gasteiger partial charge in [0.1, 0.15) is 0 Å².